The Balaban J connectivity index is 1.90. The maximum atomic E-state index is 11.4. The quantitative estimate of drug-likeness (QED) is 0.517. The van der Waals surface area contributed by atoms with Crippen LogP contribution in [0.4, 0.5) is 0 Å². The van der Waals surface area contributed by atoms with Crippen molar-refractivity contribution in [3.05, 3.63) is 30.0 Å². The number of carbonyl (C=O) groups excluding carboxylic acids is 1. The van der Waals surface area contributed by atoms with Crippen LogP contribution in [0.2, 0.25) is 0 Å². The molecule has 1 aromatic heterocycles. The molecule has 0 aliphatic carbocycles. The lowest BCUT2D eigenvalue weighted by Gasteiger charge is -2.04. The highest BCUT2D eigenvalue weighted by Gasteiger charge is 2.10. The number of carbonyl (C=O) groups is 1. The summed E-state index contributed by atoms with van der Waals surface area (Å²) in [7, 11) is -2.40. The molecule has 0 radical (unpaired) electrons. The fourth-order valence-electron chi connectivity index (χ4n) is 2.01. The molecule has 0 saturated heterocycles. The van der Waals surface area contributed by atoms with Gasteiger partial charge < -0.3 is 15.0 Å². The monoisotopic (exact) mass is 344 g/mol. The van der Waals surface area contributed by atoms with Gasteiger partial charge in [-0.05, 0) is 30.2 Å². The molecule has 0 atom stereocenters. The standard InChI is InChI=1S/C13H16N2O5S2/c1-20-10-2-3-12-11(6-10)9(7-15-12)4-5-14-13(16)8-21-22(17,18)19/h2-3,6-7,15H,4-5,8H2,1H3,(H,14,16)(H,17,18,19). The number of aromatic amines is 1. The Morgan fingerprint density at radius 2 is 2.23 bits per heavy atom. The molecule has 0 aliphatic rings. The predicted molar refractivity (Wildman–Crippen MR) is 85.6 cm³/mol. The first-order chi connectivity index (χ1) is 10.4. The molecule has 1 amide bonds. The van der Waals surface area contributed by atoms with Crippen molar-refractivity contribution in [3.63, 3.8) is 0 Å². The van der Waals surface area contributed by atoms with E-state index in [0.29, 0.717) is 13.0 Å². The lowest BCUT2D eigenvalue weighted by Crippen LogP contribution is -2.27. The first-order valence-corrected chi connectivity index (χ1v) is 9.36. The lowest BCUT2D eigenvalue weighted by molar-refractivity contribution is -0.118. The zero-order valence-corrected chi connectivity index (χ0v) is 13.5. The maximum absolute atomic E-state index is 11.4. The van der Waals surface area contributed by atoms with Gasteiger partial charge in [-0.25, -0.2) is 0 Å². The third kappa shape index (κ3) is 4.65. The molecule has 3 N–H and O–H groups in total. The number of H-pyrrole nitrogens is 1. The van der Waals surface area contributed by atoms with Crippen LogP contribution in [0.5, 0.6) is 5.75 Å². The molecular formula is C13H16N2O5S2. The van der Waals surface area contributed by atoms with Gasteiger partial charge in [-0.3, -0.25) is 9.35 Å². The molecule has 0 bridgehead atoms. The first-order valence-electron chi connectivity index (χ1n) is 6.41. The van der Waals surface area contributed by atoms with Crippen LogP contribution in [0.1, 0.15) is 5.56 Å². The first kappa shape index (κ1) is 16.7. The number of aromatic nitrogens is 1. The van der Waals surface area contributed by atoms with Crippen LogP contribution < -0.4 is 10.1 Å². The summed E-state index contributed by atoms with van der Waals surface area (Å²) in [4.78, 5) is 14.6. The van der Waals surface area contributed by atoms with Gasteiger partial charge in [0.05, 0.1) is 12.9 Å². The van der Waals surface area contributed by atoms with Gasteiger partial charge in [0.2, 0.25) is 5.91 Å². The second kappa shape index (κ2) is 7.03. The Morgan fingerprint density at radius 1 is 1.45 bits per heavy atom. The molecule has 0 unspecified atom stereocenters. The minimum Gasteiger partial charge on any atom is -0.497 e. The number of hydrogen-bond acceptors (Lipinski definition) is 5. The Bertz CT molecular complexity index is 770. The van der Waals surface area contributed by atoms with Gasteiger partial charge in [0.1, 0.15) is 5.75 Å². The van der Waals surface area contributed by atoms with E-state index in [1.54, 1.807) is 7.11 Å². The van der Waals surface area contributed by atoms with Crippen LogP contribution in [0.15, 0.2) is 24.4 Å². The molecule has 120 valence electrons. The maximum Gasteiger partial charge on any atom is 0.320 e. The number of amides is 1. The largest absolute Gasteiger partial charge is 0.497 e. The summed E-state index contributed by atoms with van der Waals surface area (Å²) in [5, 5.41) is 3.62. The smallest absolute Gasteiger partial charge is 0.320 e. The van der Waals surface area contributed by atoms with Gasteiger partial charge in [-0.1, -0.05) is 0 Å². The molecule has 22 heavy (non-hydrogen) atoms. The highest BCUT2D eigenvalue weighted by Crippen LogP contribution is 2.23. The van der Waals surface area contributed by atoms with Crippen molar-refractivity contribution in [1.82, 2.24) is 10.3 Å². The summed E-state index contributed by atoms with van der Waals surface area (Å²) < 4.78 is 34.8. The van der Waals surface area contributed by atoms with Crippen molar-refractivity contribution in [2.24, 2.45) is 0 Å². The second-order valence-electron chi connectivity index (χ2n) is 4.52. The van der Waals surface area contributed by atoms with E-state index < -0.39 is 15.1 Å². The van der Waals surface area contributed by atoms with Crippen molar-refractivity contribution in [3.8, 4) is 5.75 Å². The third-order valence-electron chi connectivity index (χ3n) is 3.03. The van der Waals surface area contributed by atoms with E-state index in [0.717, 1.165) is 22.2 Å². The predicted octanol–water partition coefficient (Wildman–Crippen LogP) is 1.37. The summed E-state index contributed by atoms with van der Waals surface area (Å²) in [6.07, 6.45) is 2.46. The molecular weight excluding hydrogens is 328 g/mol. The van der Waals surface area contributed by atoms with E-state index in [9.17, 15) is 13.2 Å². The lowest BCUT2D eigenvalue weighted by atomic mass is 10.1. The zero-order valence-electron chi connectivity index (χ0n) is 11.8. The topological polar surface area (TPSA) is 108 Å². The summed E-state index contributed by atoms with van der Waals surface area (Å²) in [6, 6.07) is 5.69. The number of hydrogen-bond donors (Lipinski definition) is 3. The third-order valence-corrected chi connectivity index (χ3v) is 4.96. The molecule has 0 fully saturated rings. The van der Waals surface area contributed by atoms with Crippen LogP contribution in [0, 0.1) is 0 Å². The van der Waals surface area contributed by atoms with Crippen molar-refractivity contribution < 1.29 is 22.5 Å². The Hall–Kier alpha value is -1.71. The summed E-state index contributed by atoms with van der Waals surface area (Å²) in [6.45, 7) is 0.370. The zero-order chi connectivity index (χ0) is 16.2. The fraction of sp³-hybridized carbons (Fsp3) is 0.308. The summed E-state index contributed by atoms with van der Waals surface area (Å²) >= 11 is 0. The molecule has 2 rings (SSSR count). The Kier molecular flexibility index (Phi) is 5.33. The van der Waals surface area contributed by atoms with Crippen molar-refractivity contribution >= 4 is 36.8 Å². The van der Waals surface area contributed by atoms with Crippen molar-refractivity contribution in [2.45, 2.75) is 6.42 Å². The van der Waals surface area contributed by atoms with Gasteiger partial charge in [0.25, 0.3) is 0 Å². The van der Waals surface area contributed by atoms with Gasteiger partial charge in [0.15, 0.2) is 0 Å². The second-order valence-corrected chi connectivity index (χ2v) is 7.87. The SMILES string of the molecule is COc1ccc2[nH]cc(CCNC(=O)CSS(=O)(=O)O)c2c1. The summed E-state index contributed by atoms with van der Waals surface area (Å²) in [5.41, 5.74) is 2.00. The van der Waals surface area contributed by atoms with Gasteiger partial charge >= 0.3 is 9.15 Å². The summed E-state index contributed by atoms with van der Waals surface area (Å²) in [5.74, 6) is -0.0254. The highest BCUT2D eigenvalue weighted by atomic mass is 33.1. The number of fused-ring (bicyclic) bond motifs is 1. The minimum absolute atomic E-state index is 0.190. The van der Waals surface area contributed by atoms with E-state index in [-0.39, 0.29) is 16.5 Å². The van der Waals surface area contributed by atoms with Crippen LogP contribution in [0.3, 0.4) is 0 Å². The number of ether oxygens (including phenoxy) is 1. The molecule has 9 heteroatoms. The fourth-order valence-corrected chi connectivity index (χ4v) is 3.13. The normalized spacial score (nSPS) is 11.5. The van der Waals surface area contributed by atoms with Crippen molar-refractivity contribution in [1.29, 1.82) is 0 Å². The van der Waals surface area contributed by atoms with Gasteiger partial charge in [-0.15, -0.1) is 0 Å². The number of methoxy groups -OCH3 is 1. The van der Waals surface area contributed by atoms with Gasteiger partial charge in [-0.2, -0.15) is 8.42 Å². The molecule has 0 spiro atoms. The molecule has 1 heterocycles. The number of nitrogens with one attached hydrogen (secondary N) is 2. The van der Waals surface area contributed by atoms with Gasteiger partial charge in [0, 0.05) is 34.4 Å². The average Bonchev–Trinajstić information content (AvgIpc) is 2.87. The average molecular weight is 344 g/mol. The Morgan fingerprint density at radius 3 is 2.91 bits per heavy atom. The van der Waals surface area contributed by atoms with Crippen molar-refractivity contribution in [2.75, 3.05) is 19.4 Å². The van der Waals surface area contributed by atoms with E-state index in [2.05, 4.69) is 10.3 Å². The number of rotatable bonds is 7. The van der Waals surface area contributed by atoms with E-state index >= 15 is 0 Å². The van der Waals surface area contributed by atoms with E-state index in [1.807, 2.05) is 24.4 Å². The number of benzene rings is 1. The van der Waals surface area contributed by atoms with E-state index in [1.165, 1.54) is 0 Å². The molecule has 0 saturated carbocycles. The minimum atomic E-state index is -4.19. The highest BCUT2D eigenvalue weighted by molar-refractivity contribution is 8.70. The molecule has 7 nitrogen and oxygen atoms in total. The van der Waals surface area contributed by atoms with Crippen LogP contribution >= 0.6 is 10.8 Å². The van der Waals surface area contributed by atoms with Crippen LogP contribution in [-0.4, -0.2) is 43.3 Å². The molecule has 1 aromatic carbocycles. The Labute approximate surface area is 131 Å². The molecule has 2 aromatic rings. The molecule has 0 aliphatic heterocycles. The van der Waals surface area contributed by atoms with Crippen LogP contribution in [-0.2, 0) is 20.4 Å². The van der Waals surface area contributed by atoms with E-state index in [4.69, 9.17) is 9.29 Å². The van der Waals surface area contributed by atoms with Crippen LogP contribution in [0.25, 0.3) is 10.9 Å².